The molecule has 0 bridgehead atoms. The lowest BCUT2D eigenvalue weighted by Gasteiger charge is -2.32. The van der Waals surface area contributed by atoms with Crippen molar-refractivity contribution in [3.63, 3.8) is 0 Å². The number of pyridine rings is 1. The van der Waals surface area contributed by atoms with E-state index in [9.17, 15) is 18.7 Å². The number of fused-ring (bicyclic) bond motifs is 2. The first-order valence-corrected chi connectivity index (χ1v) is 15.3. The van der Waals surface area contributed by atoms with Crippen LogP contribution in [0.15, 0.2) is 60.8 Å². The minimum atomic E-state index is -2.45. The third kappa shape index (κ3) is 6.52. The Balaban J connectivity index is 0.980. The first-order chi connectivity index (χ1) is 21.9. The lowest BCUT2D eigenvalue weighted by molar-refractivity contribution is -0.0592. The second-order valence-electron chi connectivity index (χ2n) is 11.8. The van der Waals surface area contributed by atoms with Crippen molar-refractivity contribution < 1.29 is 28.2 Å². The third-order valence-electron chi connectivity index (χ3n) is 8.70. The molecular formula is C33H34F2N6O4. The number of rotatable bonds is 11. The molecule has 1 N–H and O–H groups in total. The van der Waals surface area contributed by atoms with Gasteiger partial charge in [0.2, 0.25) is 5.88 Å². The quantitative estimate of drug-likeness (QED) is 0.208. The van der Waals surface area contributed by atoms with Crippen molar-refractivity contribution in [3.05, 3.63) is 83.4 Å². The predicted octanol–water partition coefficient (Wildman–Crippen LogP) is 5.49. The van der Waals surface area contributed by atoms with Gasteiger partial charge >= 0.3 is 5.97 Å². The van der Waals surface area contributed by atoms with E-state index in [0.29, 0.717) is 37.0 Å². The summed E-state index contributed by atoms with van der Waals surface area (Å²) in [6.45, 7) is 3.75. The van der Waals surface area contributed by atoms with Gasteiger partial charge < -0.3 is 19.1 Å². The number of carboxylic acids is 1. The summed E-state index contributed by atoms with van der Waals surface area (Å²) in [7, 11) is 0. The standard InChI is InChI=1S/C33H34F2N6O4/c34-30(35)18-40-16-24-5-4-21(14-28(24)38-40)20-45-32-3-1-2-26(37-32)22-8-11-39(12-9-22)19-31-36-27-7-6-23(33(42)43)15-29(27)41(31)17-25-10-13-44-25/h1-7,14-16,22,25,30H,8-13,17-20H2,(H,42,43)/t25-/m0/s1. The summed E-state index contributed by atoms with van der Waals surface area (Å²) in [6.07, 6.45) is 2.18. The summed E-state index contributed by atoms with van der Waals surface area (Å²) in [6, 6.07) is 16.6. The van der Waals surface area contributed by atoms with Crippen molar-refractivity contribution in [3.8, 4) is 5.88 Å². The van der Waals surface area contributed by atoms with E-state index in [0.717, 1.165) is 72.5 Å². The van der Waals surface area contributed by atoms with Crippen LogP contribution < -0.4 is 4.74 Å². The molecule has 10 nitrogen and oxygen atoms in total. The Morgan fingerprint density at radius 2 is 1.89 bits per heavy atom. The molecule has 5 aromatic rings. The van der Waals surface area contributed by atoms with Crippen LogP contribution >= 0.6 is 0 Å². The Morgan fingerprint density at radius 1 is 1.04 bits per heavy atom. The van der Waals surface area contributed by atoms with Crippen LogP contribution in [0, 0.1) is 0 Å². The summed E-state index contributed by atoms with van der Waals surface area (Å²) >= 11 is 0. The number of nitrogens with zero attached hydrogens (tertiary/aromatic N) is 6. The fourth-order valence-corrected chi connectivity index (χ4v) is 6.18. The topological polar surface area (TPSA) is 108 Å². The van der Waals surface area contributed by atoms with Crippen LogP contribution in [0.5, 0.6) is 5.88 Å². The molecule has 2 aliphatic heterocycles. The number of carboxylic acid groups (broad SMARTS) is 1. The van der Waals surface area contributed by atoms with Gasteiger partial charge in [-0.25, -0.2) is 23.5 Å². The van der Waals surface area contributed by atoms with Crippen molar-refractivity contribution >= 4 is 27.9 Å². The summed E-state index contributed by atoms with van der Waals surface area (Å²) in [5.41, 5.74) is 4.43. The number of benzene rings is 2. The zero-order valence-electron chi connectivity index (χ0n) is 24.7. The van der Waals surface area contributed by atoms with E-state index >= 15 is 0 Å². The highest BCUT2D eigenvalue weighted by atomic mass is 19.3. The average molecular weight is 617 g/mol. The highest BCUT2D eigenvalue weighted by Crippen LogP contribution is 2.30. The lowest BCUT2D eigenvalue weighted by Crippen LogP contribution is -2.35. The van der Waals surface area contributed by atoms with Gasteiger partial charge in [-0.2, -0.15) is 5.10 Å². The average Bonchev–Trinajstić information content (AvgIpc) is 3.57. The highest BCUT2D eigenvalue weighted by Gasteiger charge is 2.26. The van der Waals surface area contributed by atoms with Crippen molar-refractivity contribution in [2.75, 3.05) is 19.7 Å². The molecule has 0 unspecified atom stereocenters. The van der Waals surface area contributed by atoms with E-state index in [1.807, 2.05) is 36.4 Å². The van der Waals surface area contributed by atoms with E-state index in [1.54, 1.807) is 24.4 Å². The summed E-state index contributed by atoms with van der Waals surface area (Å²) in [5.74, 6) is 0.829. The van der Waals surface area contributed by atoms with E-state index in [2.05, 4.69) is 14.6 Å². The van der Waals surface area contributed by atoms with Gasteiger partial charge in [0.05, 0.1) is 41.3 Å². The van der Waals surface area contributed by atoms with Crippen LogP contribution in [0.4, 0.5) is 8.78 Å². The molecule has 12 heteroatoms. The van der Waals surface area contributed by atoms with Gasteiger partial charge in [-0.05, 0) is 68.2 Å². The van der Waals surface area contributed by atoms with Crippen LogP contribution in [-0.4, -0.2) is 72.5 Å². The van der Waals surface area contributed by atoms with Crippen LogP contribution in [0.3, 0.4) is 0 Å². The maximum Gasteiger partial charge on any atom is 0.335 e. The van der Waals surface area contributed by atoms with E-state index in [-0.39, 0.29) is 11.7 Å². The molecule has 0 aliphatic carbocycles. The van der Waals surface area contributed by atoms with Gasteiger partial charge in [-0.1, -0.05) is 18.2 Å². The van der Waals surface area contributed by atoms with Crippen LogP contribution in [0.25, 0.3) is 21.9 Å². The molecule has 1 atom stereocenters. The number of likely N-dealkylation sites (tertiary alicyclic amines) is 1. The zero-order chi connectivity index (χ0) is 30.9. The van der Waals surface area contributed by atoms with E-state index < -0.39 is 18.9 Å². The Morgan fingerprint density at radius 3 is 2.64 bits per heavy atom. The first kappa shape index (κ1) is 29.3. The molecule has 7 rings (SSSR count). The number of alkyl halides is 2. The number of ether oxygens (including phenoxy) is 2. The molecule has 45 heavy (non-hydrogen) atoms. The third-order valence-corrected chi connectivity index (χ3v) is 8.70. The summed E-state index contributed by atoms with van der Waals surface area (Å²) in [4.78, 5) is 23.7. The zero-order valence-corrected chi connectivity index (χ0v) is 24.7. The molecule has 5 heterocycles. The number of aromatic nitrogens is 5. The number of carbonyl (C=O) groups is 1. The molecule has 3 aromatic heterocycles. The van der Waals surface area contributed by atoms with E-state index in [4.69, 9.17) is 19.4 Å². The Hall–Kier alpha value is -4.42. The number of halogens is 2. The number of hydrogen-bond donors (Lipinski definition) is 1. The smallest absolute Gasteiger partial charge is 0.335 e. The highest BCUT2D eigenvalue weighted by molar-refractivity contribution is 5.92. The first-order valence-electron chi connectivity index (χ1n) is 15.3. The number of hydrogen-bond acceptors (Lipinski definition) is 7. The predicted molar refractivity (Wildman–Crippen MR) is 163 cm³/mol. The second-order valence-corrected chi connectivity index (χ2v) is 11.8. The maximum absolute atomic E-state index is 12.7. The fourth-order valence-electron chi connectivity index (χ4n) is 6.18. The monoisotopic (exact) mass is 616 g/mol. The fraction of sp³-hybridized carbons (Fsp3) is 0.394. The van der Waals surface area contributed by atoms with Gasteiger partial charge in [0.25, 0.3) is 6.43 Å². The normalized spacial score (nSPS) is 17.7. The molecule has 2 fully saturated rings. The molecule has 2 saturated heterocycles. The Labute approximate surface area is 258 Å². The van der Waals surface area contributed by atoms with Gasteiger partial charge in [-0.3, -0.25) is 9.58 Å². The molecule has 2 aromatic carbocycles. The second kappa shape index (κ2) is 12.5. The van der Waals surface area contributed by atoms with Gasteiger partial charge in [0.15, 0.2) is 0 Å². The summed E-state index contributed by atoms with van der Waals surface area (Å²) in [5, 5.41) is 14.6. The number of aromatic carboxylic acids is 1. The van der Waals surface area contributed by atoms with Gasteiger partial charge in [0.1, 0.15) is 19.0 Å². The molecule has 0 radical (unpaired) electrons. The molecule has 0 saturated carbocycles. The Bertz CT molecular complexity index is 1830. The summed E-state index contributed by atoms with van der Waals surface area (Å²) < 4.78 is 40.6. The molecule has 0 amide bonds. The van der Waals surface area contributed by atoms with Crippen LogP contribution in [-0.2, 0) is 31.0 Å². The largest absolute Gasteiger partial charge is 0.478 e. The lowest BCUT2D eigenvalue weighted by atomic mass is 9.93. The van der Waals surface area contributed by atoms with E-state index in [1.165, 1.54) is 4.68 Å². The Kier molecular flexibility index (Phi) is 8.16. The SMILES string of the molecule is O=C(O)c1ccc2nc(CN3CCC(c4cccc(OCc5ccc6cn(CC(F)F)nc6c5)n4)CC3)n(C[C@@H]3CCO3)c2c1. The van der Waals surface area contributed by atoms with Crippen molar-refractivity contribution in [2.45, 2.75) is 64.0 Å². The minimum Gasteiger partial charge on any atom is -0.478 e. The molecule has 0 spiro atoms. The van der Waals surface area contributed by atoms with Crippen molar-refractivity contribution in [1.29, 1.82) is 0 Å². The minimum absolute atomic E-state index is 0.125. The molecular weight excluding hydrogens is 582 g/mol. The van der Waals surface area contributed by atoms with Crippen LogP contribution in [0.2, 0.25) is 0 Å². The number of imidazole rings is 1. The van der Waals surface area contributed by atoms with Crippen LogP contribution in [0.1, 0.15) is 52.6 Å². The molecule has 234 valence electrons. The number of piperidine rings is 1. The van der Waals surface area contributed by atoms with Crippen molar-refractivity contribution in [1.82, 2.24) is 29.2 Å². The molecule has 2 aliphatic rings. The van der Waals surface area contributed by atoms with Crippen molar-refractivity contribution in [2.24, 2.45) is 0 Å². The maximum atomic E-state index is 12.7. The van der Waals surface area contributed by atoms with Gasteiger partial charge in [0, 0.05) is 35.9 Å². The van der Waals surface area contributed by atoms with Gasteiger partial charge in [-0.15, -0.1) is 0 Å².